The number of carbonyl (C=O) groups is 2. The highest BCUT2D eigenvalue weighted by molar-refractivity contribution is 5.97. The Morgan fingerprint density at radius 3 is 2.42 bits per heavy atom. The van der Waals surface area contributed by atoms with Crippen LogP contribution in [0.2, 0.25) is 0 Å². The molecule has 1 atom stereocenters. The second-order valence-electron chi connectivity index (χ2n) is 7.49. The third kappa shape index (κ3) is 6.83. The fraction of sp³-hybridized carbons (Fsp3) is 0.192. The lowest BCUT2D eigenvalue weighted by atomic mass is 10.0. The van der Waals surface area contributed by atoms with Crippen molar-refractivity contribution < 1.29 is 9.59 Å². The van der Waals surface area contributed by atoms with Crippen LogP contribution >= 0.6 is 0 Å². The van der Waals surface area contributed by atoms with Crippen LogP contribution in [-0.2, 0) is 16.0 Å². The summed E-state index contributed by atoms with van der Waals surface area (Å²) in [6, 6.07) is 21.7. The molecule has 0 radical (unpaired) electrons. The van der Waals surface area contributed by atoms with Crippen molar-refractivity contribution in [3.8, 4) is 11.8 Å². The van der Waals surface area contributed by atoms with Gasteiger partial charge in [-0.05, 0) is 47.7 Å². The summed E-state index contributed by atoms with van der Waals surface area (Å²) >= 11 is 0. The molecule has 1 heterocycles. The Bertz CT molecular complexity index is 1080. The summed E-state index contributed by atoms with van der Waals surface area (Å²) in [4.78, 5) is 29.5. The lowest BCUT2D eigenvalue weighted by Crippen LogP contribution is -2.47. The highest BCUT2D eigenvalue weighted by atomic mass is 16.2. The van der Waals surface area contributed by atoms with Crippen LogP contribution in [-0.4, -0.2) is 22.8 Å². The zero-order valence-corrected chi connectivity index (χ0v) is 17.6. The molecule has 2 amide bonds. The van der Waals surface area contributed by atoms with Crippen molar-refractivity contribution in [3.63, 3.8) is 0 Å². The molecule has 0 fully saturated rings. The van der Waals surface area contributed by atoms with Gasteiger partial charge < -0.3 is 10.6 Å². The number of nitrogens with one attached hydrogen (secondary N) is 2. The minimum absolute atomic E-state index is 0.0631. The maximum Gasteiger partial charge on any atom is 0.247 e. The van der Waals surface area contributed by atoms with Crippen LogP contribution < -0.4 is 10.6 Å². The van der Waals surface area contributed by atoms with Crippen molar-refractivity contribution in [2.24, 2.45) is 5.92 Å². The lowest BCUT2D eigenvalue weighted by Gasteiger charge is -2.22. The zero-order chi connectivity index (χ0) is 22.1. The van der Waals surface area contributed by atoms with Gasteiger partial charge in [0, 0.05) is 17.4 Å². The van der Waals surface area contributed by atoms with Gasteiger partial charge in [-0.25, -0.2) is 4.98 Å². The first kappa shape index (κ1) is 21.8. The van der Waals surface area contributed by atoms with Gasteiger partial charge in [0.25, 0.3) is 0 Å². The Labute approximate surface area is 182 Å². The molecule has 0 saturated carbocycles. The van der Waals surface area contributed by atoms with Gasteiger partial charge in [-0.3, -0.25) is 9.59 Å². The van der Waals surface area contributed by atoms with Crippen molar-refractivity contribution in [1.82, 2.24) is 10.3 Å². The van der Waals surface area contributed by atoms with E-state index in [2.05, 4.69) is 27.5 Å². The number of hydrogen-bond donors (Lipinski definition) is 2. The SMILES string of the molecule is CC(C)C(NC(=O)Cc1ccccc1)C(=O)Nc1cccc(C#Cc2ccccn2)c1. The molecule has 0 aliphatic carbocycles. The minimum atomic E-state index is -0.639. The van der Waals surface area contributed by atoms with Gasteiger partial charge in [0.15, 0.2) is 0 Å². The molecule has 2 aromatic carbocycles. The highest BCUT2D eigenvalue weighted by Crippen LogP contribution is 2.13. The van der Waals surface area contributed by atoms with Crippen molar-refractivity contribution >= 4 is 17.5 Å². The fourth-order valence-corrected chi connectivity index (χ4v) is 3.01. The lowest BCUT2D eigenvalue weighted by molar-refractivity contribution is -0.127. The minimum Gasteiger partial charge on any atom is -0.344 e. The summed E-state index contributed by atoms with van der Waals surface area (Å²) in [5, 5.41) is 5.75. The van der Waals surface area contributed by atoms with Crippen LogP contribution in [0.1, 0.15) is 30.7 Å². The van der Waals surface area contributed by atoms with Gasteiger partial charge in [0.05, 0.1) is 6.42 Å². The molecule has 31 heavy (non-hydrogen) atoms. The number of amides is 2. The van der Waals surface area contributed by atoms with Crippen molar-refractivity contribution in [2.45, 2.75) is 26.3 Å². The predicted molar refractivity (Wildman–Crippen MR) is 122 cm³/mol. The predicted octanol–water partition coefficient (Wildman–Crippen LogP) is 3.80. The highest BCUT2D eigenvalue weighted by Gasteiger charge is 2.24. The number of anilines is 1. The number of hydrogen-bond acceptors (Lipinski definition) is 3. The number of aromatic nitrogens is 1. The Hall–Kier alpha value is -3.91. The summed E-state index contributed by atoms with van der Waals surface area (Å²) in [6.07, 6.45) is 1.93. The molecule has 0 saturated heterocycles. The van der Waals surface area contributed by atoms with E-state index >= 15 is 0 Å². The average Bonchev–Trinajstić information content (AvgIpc) is 2.77. The number of benzene rings is 2. The third-order valence-electron chi connectivity index (χ3n) is 4.60. The molecule has 1 aromatic heterocycles. The standard InChI is InChI=1S/C26H25N3O2/c1-19(2)25(29-24(30)18-20-9-4-3-5-10-20)26(31)28-23-13-8-11-21(17-23)14-15-22-12-6-7-16-27-22/h3-13,16-17,19,25H,18H2,1-2H3,(H,28,31)(H,29,30). The van der Waals surface area contributed by atoms with E-state index in [0.29, 0.717) is 11.4 Å². The molecular formula is C26H25N3O2. The maximum absolute atomic E-state index is 12.9. The molecule has 156 valence electrons. The van der Waals surface area contributed by atoms with Crippen LogP contribution in [0.3, 0.4) is 0 Å². The first-order chi connectivity index (χ1) is 15.0. The summed E-state index contributed by atoms with van der Waals surface area (Å²) in [5.74, 6) is 5.55. The van der Waals surface area contributed by atoms with E-state index in [9.17, 15) is 9.59 Å². The Morgan fingerprint density at radius 2 is 1.71 bits per heavy atom. The number of rotatable bonds is 6. The van der Waals surface area contributed by atoms with Gasteiger partial charge >= 0.3 is 0 Å². The molecule has 5 heteroatoms. The van der Waals surface area contributed by atoms with Crippen LogP contribution in [0.15, 0.2) is 79.0 Å². The smallest absolute Gasteiger partial charge is 0.247 e. The molecule has 3 aromatic rings. The van der Waals surface area contributed by atoms with Gasteiger partial charge in [-0.1, -0.05) is 62.2 Å². The molecule has 5 nitrogen and oxygen atoms in total. The Balaban J connectivity index is 1.65. The van der Waals surface area contributed by atoms with Crippen molar-refractivity contribution in [3.05, 3.63) is 95.8 Å². The van der Waals surface area contributed by atoms with Crippen molar-refractivity contribution in [1.29, 1.82) is 0 Å². The number of nitrogens with zero attached hydrogens (tertiary/aromatic N) is 1. The maximum atomic E-state index is 12.9. The Morgan fingerprint density at radius 1 is 0.935 bits per heavy atom. The summed E-state index contributed by atoms with van der Waals surface area (Å²) in [7, 11) is 0. The molecule has 3 rings (SSSR count). The van der Waals surface area contributed by atoms with E-state index in [4.69, 9.17) is 0 Å². The van der Waals surface area contributed by atoms with Gasteiger partial charge in [0.2, 0.25) is 11.8 Å². The average molecular weight is 412 g/mol. The molecule has 0 aliphatic rings. The normalized spacial score (nSPS) is 11.2. The number of pyridine rings is 1. The van der Waals surface area contributed by atoms with E-state index in [1.54, 1.807) is 18.3 Å². The molecule has 0 bridgehead atoms. The second-order valence-corrected chi connectivity index (χ2v) is 7.49. The van der Waals surface area contributed by atoms with Gasteiger partial charge in [-0.2, -0.15) is 0 Å². The first-order valence-corrected chi connectivity index (χ1v) is 10.2. The fourth-order valence-electron chi connectivity index (χ4n) is 3.01. The van der Waals surface area contributed by atoms with Crippen LogP contribution in [0, 0.1) is 17.8 Å². The topological polar surface area (TPSA) is 71.1 Å². The molecule has 2 N–H and O–H groups in total. The molecule has 0 spiro atoms. The van der Waals surface area contributed by atoms with E-state index in [1.165, 1.54) is 0 Å². The Kier molecular flexibility index (Phi) is 7.56. The molecular weight excluding hydrogens is 386 g/mol. The van der Waals surface area contributed by atoms with E-state index < -0.39 is 6.04 Å². The largest absolute Gasteiger partial charge is 0.344 e. The van der Waals surface area contributed by atoms with Crippen LogP contribution in [0.4, 0.5) is 5.69 Å². The summed E-state index contributed by atoms with van der Waals surface area (Å²) in [5.41, 5.74) is 2.97. The monoisotopic (exact) mass is 411 g/mol. The molecule has 1 unspecified atom stereocenters. The third-order valence-corrected chi connectivity index (χ3v) is 4.60. The molecule has 0 aliphatic heterocycles. The van der Waals surface area contributed by atoms with Crippen LogP contribution in [0.5, 0.6) is 0 Å². The van der Waals surface area contributed by atoms with Gasteiger partial charge in [0.1, 0.15) is 11.7 Å². The van der Waals surface area contributed by atoms with Gasteiger partial charge in [-0.15, -0.1) is 0 Å². The quantitative estimate of drug-likeness (QED) is 0.606. The number of carbonyl (C=O) groups excluding carboxylic acids is 2. The van der Waals surface area contributed by atoms with Crippen molar-refractivity contribution in [2.75, 3.05) is 5.32 Å². The van der Waals surface area contributed by atoms with E-state index in [0.717, 1.165) is 11.1 Å². The first-order valence-electron chi connectivity index (χ1n) is 10.2. The van der Waals surface area contributed by atoms with Crippen LogP contribution in [0.25, 0.3) is 0 Å². The van der Waals surface area contributed by atoms with E-state index in [1.807, 2.05) is 74.5 Å². The summed E-state index contributed by atoms with van der Waals surface area (Å²) in [6.45, 7) is 3.81. The van der Waals surface area contributed by atoms with E-state index in [-0.39, 0.29) is 24.2 Å². The zero-order valence-electron chi connectivity index (χ0n) is 17.6. The second kappa shape index (κ2) is 10.7. The summed E-state index contributed by atoms with van der Waals surface area (Å²) < 4.78 is 0.